The Morgan fingerprint density at radius 3 is 2.34 bits per heavy atom. The van der Waals surface area contributed by atoms with E-state index in [0.29, 0.717) is 22.2 Å². The average Bonchev–Trinajstić information content (AvgIpc) is 2.84. The summed E-state index contributed by atoms with van der Waals surface area (Å²) in [5, 5.41) is 3.56. The number of fused-ring (bicyclic) bond motifs is 1. The smallest absolute Gasteiger partial charge is 0.339 e. The first kappa shape index (κ1) is 21.2. The van der Waals surface area contributed by atoms with E-state index in [1.807, 2.05) is 73.7 Å². The number of para-hydroxylation sites is 1. The van der Waals surface area contributed by atoms with E-state index in [2.05, 4.69) is 15.3 Å². The molecule has 2 heterocycles. The number of hydrogen-bond donors (Lipinski definition) is 1. The van der Waals surface area contributed by atoms with E-state index in [9.17, 15) is 9.59 Å². The first-order valence-electron chi connectivity index (χ1n) is 10.4. The minimum atomic E-state index is -0.954. The van der Waals surface area contributed by atoms with Crippen molar-refractivity contribution in [1.29, 1.82) is 0 Å². The number of carbonyl (C=O) groups is 2. The Kier molecular flexibility index (Phi) is 6.22. The van der Waals surface area contributed by atoms with Gasteiger partial charge < -0.3 is 10.1 Å². The quantitative estimate of drug-likeness (QED) is 0.452. The zero-order valence-corrected chi connectivity index (χ0v) is 17.9. The summed E-state index contributed by atoms with van der Waals surface area (Å²) in [6.07, 6.45) is 2.39. The summed E-state index contributed by atoms with van der Waals surface area (Å²) in [4.78, 5) is 34.4. The van der Waals surface area contributed by atoms with Gasteiger partial charge in [0.2, 0.25) is 0 Å². The summed E-state index contributed by atoms with van der Waals surface area (Å²) >= 11 is 0. The van der Waals surface area contributed by atoms with Crippen LogP contribution >= 0.6 is 0 Å². The molecule has 0 spiro atoms. The summed E-state index contributed by atoms with van der Waals surface area (Å²) in [5.41, 5.74) is 3.47. The second kappa shape index (κ2) is 9.39. The second-order valence-corrected chi connectivity index (χ2v) is 7.50. The largest absolute Gasteiger partial charge is 0.449 e. The van der Waals surface area contributed by atoms with E-state index < -0.39 is 12.1 Å². The average molecular weight is 425 g/mol. The van der Waals surface area contributed by atoms with Crippen LogP contribution in [0.15, 0.2) is 85.2 Å². The molecule has 0 radical (unpaired) electrons. The molecule has 2 atom stereocenters. The molecule has 6 nitrogen and oxygen atoms in total. The Morgan fingerprint density at radius 1 is 0.906 bits per heavy atom. The van der Waals surface area contributed by atoms with Gasteiger partial charge in [-0.25, -0.2) is 9.78 Å². The van der Waals surface area contributed by atoms with Crippen LogP contribution in [0.2, 0.25) is 0 Å². The Morgan fingerprint density at radius 2 is 1.59 bits per heavy atom. The molecule has 1 amide bonds. The molecule has 2 aromatic heterocycles. The van der Waals surface area contributed by atoms with E-state index in [4.69, 9.17) is 4.74 Å². The van der Waals surface area contributed by atoms with E-state index >= 15 is 0 Å². The summed E-state index contributed by atoms with van der Waals surface area (Å²) in [6.45, 7) is 3.46. The zero-order valence-electron chi connectivity index (χ0n) is 17.9. The summed E-state index contributed by atoms with van der Waals surface area (Å²) in [7, 11) is 0. The number of pyridine rings is 2. The van der Waals surface area contributed by atoms with Crippen molar-refractivity contribution < 1.29 is 14.3 Å². The fourth-order valence-electron chi connectivity index (χ4n) is 3.45. The number of esters is 1. The Balaban J connectivity index is 1.56. The first-order valence-corrected chi connectivity index (χ1v) is 10.4. The van der Waals surface area contributed by atoms with Crippen LogP contribution in [0.25, 0.3) is 22.2 Å². The minimum Gasteiger partial charge on any atom is -0.449 e. The van der Waals surface area contributed by atoms with Gasteiger partial charge >= 0.3 is 5.97 Å². The summed E-state index contributed by atoms with van der Waals surface area (Å²) in [6, 6.07) is 22.1. The van der Waals surface area contributed by atoms with Crippen LogP contribution in [-0.4, -0.2) is 27.9 Å². The van der Waals surface area contributed by atoms with Gasteiger partial charge in [0.15, 0.2) is 6.10 Å². The topological polar surface area (TPSA) is 81.2 Å². The number of aromatic nitrogens is 2. The standard InChI is InChI=1S/C26H23N3O3/c1-17(19-8-4-3-5-9-19)28-25(30)18(2)32-26(31)22-16-24(20-12-14-27-15-13-20)29-23-11-7-6-10-21(22)23/h3-18H,1-2H3,(H,28,30)/t17-,18-/m0/s1. The Labute approximate surface area is 186 Å². The lowest BCUT2D eigenvalue weighted by Crippen LogP contribution is -2.37. The highest BCUT2D eigenvalue weighted by atomic mass is 16.5. The van der Waals surface area contributed by atoms with Crippen molar-refractivity contribution in [1.82, 2.24) is 15.3 Å². The lowest BCUT2D eigenvalue weighted by molar-refractivity contribution is -0.129. The Hall–Kier alpha value is -4.06. The van der Waals surface area contributed by atoms with Crippen LogP contribution in [0.4, 0.5) is 0 Å². The third-order valence-electron chi connectivity index (χ3n) is 5.22. The van der Waals surface area contributed by atoms with E-state index in [-0.39, 0.29) is 11.9 Å². The predicted molar refractivity (Wildman–Crippen MR) is 123 cm³/mol. The van der Waals surface area contributed by atoms with Gasteiger partial charge in [-0.2, -0.15) is 0 Å². The molecule has 0 aliphatic heterocycles. The molecule has 1 N–H and O–H groups in total. The monoisotopic (exact) mass is 425 g/mol. The van der Waals surface area contributed by atoms with Crippen molar-refractivity contribution in [3.8, 4) is 11.3 Å². The molecule has 4 rings (SSSR count). The van der Waals surface area contributed by atoms with Crippen LogP contribution in [-0.2, 0) is 9.53 Å². The SMILES string of the molecule is C[C@H](OC(=O)c1cc(-c2ccncc2)nc2ccccc12)C(=O)N[C@@H](C)c1ccccc1. The molecule has 0 aliphatic rings. The lowest BCUT2D eigenvalue weighted by Gasteiger charge is -2.19. The Bertz CT molecular complexity index is 1240. The number of ether oxygens (including phenoxy) is 1. The van der Waals surface area contributed by atoms with Gasteiger partial charge in [-0.1, -0.05) is 48.5 Å². The van der Waals surface area contributed by atoms with Gasteiger partial charge in [0.25, 0.3) is 5.91 Å². The van der Waals surface area contributed by atoms with Crippen molar-refractivity contribution in [3.63, 3.8) is 0 Å². The molecule has 0 unspecified atom stereocenters. The number of rotatable bonds is 6. The number of benzene rings is 2. The molecular formula is C26H23N3O3. The number of carbonyl (C=O) groups excluding carboxylic acids is 2. The maximum absolute atomic E-state index is 13.1. The molecule has 6 heteroatoms. The molecule has 160 valence electrons. The zero-order chi connectivity index (χ0) is 22.5. The molecule has 0 saturated heterocycles. The second-order valence-electron chi connectivity index (χ2n) is 7.50. The highest BCUT2D eigenvalue weighted by molar-refractivity contribution is 6.05. The number of amides is 1. The van der Waals surface area contributed by atoms with Gasteiger partial charge in [-0.15, -0.1) is 0 Å². The molecule has 0 saturated carbocycles. The number of hydrogen-bond acceptors (Lipinski definition) is 5. The van der Waals surface area contributed by atoms with Crippen LogP contribution in [0, 0.1) is 0 Å². The maximum Gasteiger partial charge on any atom is 0.339 e. The third kappa shape index (κ3) is 4.64. The number of nitrogens with zero attached hydrogens (tertiary/aromatic N) is 2. The molecule has 0 aliphatic carbocycles. The molecule has 32 heavy (non-hydrogen) atoms. The third-order valence-corrected chi connectivity index (χ3v) is 5.22. The summed E-state index contributed by atoms with van der Waals surface area (Å²) in [5.74, 6) is -0.934. The normalized spacial score (nSPS) is 12.7. The first-order chi connectivity index (χ1) is 15.5. The van der Waals surface area contributed by atoms with Gasteiger partial charge in [0, 0.05) is 23.3 Å². The predicted octanol–water partition coefficient (Wildman–Crippen LogP) is 4.72. The number of nitrogens with one attached hydrogen (secondary N) is 1. The highest BCUT2D eigenvalue weighted by Crippen LogP contribution is 2.25. The van der Waals surface area contributed by atoms with Crippen LogP contribution in [0.1, 0.15) is 35.8 Å². The van der Waals surface area contributed by atoms with Crippen LogP contribution in [0.3, 0.4) is 0 Å². The van der Waals surface area contributed by atoms with Gasteiger partial charge in [-0.3, -0.25) is 9.78 Å². The van der Waals surface area contributed by atoms with Crippen molar-refractivity contribution >= 4 is 22.8 Å². The van der Waals surface area contributed by atoms with E-state index in [0.717, 1.165) is 11.1 Å². The van der Waals surface area contributed by atoms with Crippen LogP contribution in [0.5, 0.6) is 0 Å². The van der Waals surface area contributed by atoms with E-state index in [1.54, 1.807) is 25.4 Å². The highest BCUT2D eigenvalue weighted by Gasteiger charge is 2.23. The van der Waals surface area contributed by atoms with Gasteiger partial charge in [0.1, 0.15) is 0 Å². The molecule has 2 aromatic carbocycles. The molecular weight excluding hydrogens is 402 g/mol. The fourth-order valence-corrected chi connectivity index (χ4v) is 3.45. The van der Waals surface area contributed by atoms with Crippen molar-refractivity contribution in [3.05, 3.63) is 96.3 Å². The van der Waals surface area contributed by atoms with Gasteiger partial charge in [0.05, 0.1) is 22.8 Å². The van der Waals surface area contributed by atoms with Crippen LogP contribution < -0.4 is 5.32 Å². The summed E-state index contributed by atoms with van der Waals surface area (Å²) < 4.78 is 5.54. The maximum atomic E-state index is 13.1. The lowest BCUT2D eigenvalue weighted by atomic mass is 10.0. The molecule has 0 bridgehead atoms. The van der Waals surface area contributed by atoms with Crippen molar-refractivity contribution in [2.45, 2.75) is 26.0 Å². The van der Waals surface area contributed by atoms with Crippen molar-refractivity contribution in [2.24, 2.45) is 0 Å². The molecule has 0 fully saturated rings. The fraction of sp³-hybridized carbons (Fsp3) is 0.154. The minimum absolute atomic E-state index is 0.204. The van der Waals surface area contributed by atoms with E-state index in [1.165, 1.54) is 0 Å². The van der Waals surface area contributed by atoms with Gasteiger partial charge in [-0.05, 0) is 43.7 Å². The van der Waals surface area contributed by atoms with Crippen molar-refractivity contribution in [2.75, 3.05) is 0 Å². The molecule has 4 aromatic rings.